The summed E-state index contributed by atoms with van der Waals surface area (Å²) in [6.07, 6.45) is 1.05. The number of halogens is 2. The van der Waals surface area contributed by atoms with E-state index in [1.54, 1.807) is 19.1 Å². The molecule has 0 saturated heterocycles. The van der Waals surface area contributed by atoms with E-state index in [1.807, 2.05) is 0 Å². The van der Waals surface area contributed by atoms with Crippen LogP contribution in [0.25, 0.3) is 0 Å². The van der Waals surface area contributed by atoms with E-state index in [4.69, 9.17) is 11.6 Å². The fourth-order valence-electron chi connectivity index (χ4n) is 2.00. The number of carbonyl (C=O) groups is 1. The van der Waals surface area contributed by atoms with Crippen molar-refractivity contribution in [1.29, 1.82) is 0 Å². The third-order valence-electron chi connectivity index (χ3n) is 3.29. The SMILES string of the molecule is Cc1cc(CNC(=O)c2cc(S(C)(=O)=O)ccc2Cl)ccc1F. The van der Waals surface area contributed by atoms with Gasteiger partial charge in [-0.2, -0.15) is 0 Å². The summed E-state index contributed by atoms with van der Waals surface area (Å²) < 4.78 is 36.3. The molecule has 2 aromatic carbocycles. The van der Waals surface area contributed by atoms with E-state index >= 15 is 0 Å². The molecule has 0 heterocycles. The average molecular weight is 356 g/mol. The average Bonchev–Trinajstić information content (AvgIpc) is 2.47. The molecular formula is C16H15ClFNO3S. The molecule has 2 rings (SSSR count). The minimum Gasteiger partial charge on any atom is -0.348 e. The molecule has 0 fully saturated rings. The fourth-order valence-corrected chi connectivity index (χ4v) is 2.85. The number of sulfone groups is 1. The summed E-state index contributed by atoms with van der Waals surface area (Å²) in [7, 11) is -3.43. The van der Waals surface area contributed by atoms with Crippen molar-refractivity contribution in [2.45, 2.75) is 18.4 Å². The number of rotatable bonds is 4. The maximum absolute atomic E-state index is 13.2. The molecule has 7 heteroatoms. The summed E-state index contributed by atoms with van der Waals surface area (Å²) >= 11 is 5.96. The Kier molecular flexibility index (Phi) is 5.06. The van der Waals surface area contributed by atoms with Gasteiger partial charge in [-0.05, 0) is 42.3 Å². The van der Waals surface area contributed by atoms with Crippen LogP contribution in [-0.2, 0) is 16.4 Å². The van der Waals surface area contributed by atoms with Gasteiger partial charge in [0.1, 0.15) is 5.82 Å². The van der Waals surface area contributed by atoms with Crippen LogP contribution in [0.2, 0.25) is 5.02 Å². The molecule has 0 atom stereocenters. The lowest BCUT2D eigenvalue weighted by molar-refractivity contribution is 0.0951. The maximum atomic E-state index is 13.2. The summed E-state index contributed by atoms with van der Waals surface area (Å²) in [5.41, 5.74) is 1.29. The molecule has 0 unspecified atom stereocenters. The highest BCUT2D eigenvalue weighted by atomic mass is 35.5. The van der Waals surface area contributed by atoms with Crippen molar-refractivity contribution < 1.29 is 17.6 Å². The van der Waals surface area contributed by atoms with Crippen molar-refractivity contribution in [3.63, 3.8) is 0 Å². The van der Waals surface area contributed by atoms with Gasteiger partial charge < -0.3 is 5.32 Å². The molecule has 1 amide bonds. The van der Waals surface area contributed by atoms with E-state index in [-0.39, 0.29) is 27.8 Å². The molecule has 0 aromatic heterocycles. The van der Waals surface area contributed by atoms with E-state index < -0.39 is 15.7 Å². The number of carbonyl (C=O) groups excluding carboxylic acids is 1. The van der Waals surface area contributed by atoms with Crippen molar-refractivity contribution in [1.82, 2.24) is 5.32 Å². The third-order valence-corrected chi connectivity index (χ3v) is 4.73. The topological polar surface area (TPSA) is 63.2 Å². The van der Waals surface area contributed by atoms with E-state index in [1.165, 1.54) is 24.3 Å². The molecule has 0 aliphatic carbocycles. The number of hydrogen-bond donors (Lipinski definition) is 1. The van der Waals surface area contributed by atoms with Crippen LogP contribution in [-0.4, -0.2) is 20.6 Å². The summed E-state index contributed by atoms with van der Waals surface area (Å²) in [5.74, 6) is -0.813. The second-order valence-electron chi connectivity index (χ2n) is 5.18. The van der Waals surface area contributed by atoms with Gasteiger partial charge in [0.15, 0.2) is 9.84 Å². The van der Waals surface area contributed by atoms with Gasteiger partial charge >= 0.3 is 0 Å². The van der Waals surface area contributed by atoms with Gasteiger partial charge in [-0.1, -0.05) is 23.7 Å². The summed E-state index contributed by atoms with van der Waals surface area (Å²) in [6, 6.07) is 8.48. The Hall–Kier alpha value is -1.92. The third kappa shape index (κ3) is 4.30. The van der Waals surface area contributed by atoms with Crippen LogP contribution >= 0.6 is 11.6 Å². The zero-order valence-corrected chi connectivity index (χ0v) is 14.1. The van der Waals surface area contributed by atoms with Gasteiger partial charge in [-0.15, -0.1) is 0 Å². The Morgan fingerprint density at radius 1 is 1.22 bits per heavy atom. The number of nitrogens with one attached hydrogen (secondary N) is 1. The summed E-state index contributed by atoms with van der Waals surface area (Å²) in [6.45, 7) is 1.81. The van der Waals surface area contributed by atoms with Gasteiger partial charge in [-0.3, -0.25) is 4.79 Å². The number of hydrogen-bond acceptors (Lipinski definition) is 3. The lowest BCUT2D eigenvalue weighted by Gasteiger charge is -2.09. The highest BCUT2D eigenvalue weighted by molar-refractivity contribution is 7.90. The first-order valence-corrected chi connectivity index (χ1v) is 8.98. The first-order chi connectivity index (χ1) is 10.7. The van der Waals surface area contributed by atoms with E-state index in [2.05, 4.69) is 5.32 Å². The lowest BCUT2D eigenvalue weighted by Crippen LogP contribution is -2.23. The molecule has 23 heavy (non-hydrogen) atoms. The second kappa shape index (κ2) is 6.68. The normalized spacial score (nSPS) is 11.3. The number of amides is 1. The Labute approximate surface area is 139 Å². The van der Waals surface area contributed by atoms with Gasteiger partial charge in [0.05, 0.1) is 15.5 Å². The Balaban J connectivity index is 2.19. The van der Waals surface area contributed by atoms with Gasteiger partial charge in [0.2, 0.25) is 0 Å². The van der Waals surface area contributed by atoms with E-state index in [9.17, 15) is 17.6 Å². The van der Waals surface area contributed by atoms with Crippen LogP contribution in [0.5, 0.6) is 0 Å². The molecule has 122 valence electrons. The van der Waals surface area contributed by atoms with Crippen LogP contribution in [0.15, 0.2) is 41.3 Å². The zero-order valence-electron chi connectivity index (χ0n) is 12.6. The monoisotopic (exact) mass is 355 g/mol. The molecule has 0 bridgehead atoms. The lowest BCUT2D eigenvalue weighted by atomic mass is 10.1. The first kappa shape index (κ1) is 17.4. The fraction of sp³-hybridized carbons (Fsp3) is 0.188. The first-order valence-electron chi connectivity index (χ1n) is 6.71. The molecule has 0 radical (unpaired) electrons. The van der Waals surface area contributed by atoms with Crippen LogP contribution in [0.1, 0.15) is 21.5 Å². The van der Waals surface area contributed by atoms with Crippen LogP contribution in [0.3, 0.4) is 0 Å². The highest BCUT2D eigenvalue weighted by Crippen LogP contribution is 2.20. The number of benzene rings is 2. The molecule has 0 saturated carbocycles. The Bertz CT molecular complexity index is 866. The van der Waals surface area contributed by atoms with Crippen molar-refractivity contribution >= 4 is 27.3 Å². The predicted octanol–water partition coefficient (Wildman–Crippen LogP) is 3.12. The molecule has 0 aliphatic rings. The molecule has 1 N–H and O–H groups in total. The smallest absolute Gasteiger partial charge is 0.253 e. The van der Waals surface area contributed by atoms with E-state index in [0.29, 0.717) is 5.56 Å². The Morgan fingerprint density at radius 2 is 1.91 bits per heavy atom. The molecule has 0 aliphatic heterocycles. The predicted molar refractivity (Wildman–Crippen MR) is 86.9 cm³/mol. The minimum absolute atomic E-state index is 0.0182. The standard InChI is InChI=1S/C16H15ClFNO3S/c1-10-7-11(3-6-15(10)18)9-19-16(20)13-8-12(23(2,21)22)4-5-14(13)17/h3-8H,9H2,1-2H3,(H,19,20). The van der Waals surface area contributed by atoms with Gasteiger partial charge in [0.25, 0.3) is 5.91 Å². The molecule has 4 nitrogen and oxygen atoms in total. The summed E-state index contributed by atoms with van der Waals surface area (Å²) in [5, 5.41) is 2.80. The number of aryl methyl sites for hydroxylation is 1. The molecular weight excluding hydrogens is 341 g/mol. The van der Waals surface area contributed by atoms with Crippen LogP contribution < -0.4 is 5.32 Å². The quantitative estimate of drug-likeness (QED) is 0.916. The van der Waals surface area contributed by atoms with Crippen LogP contribution in [0.4, 0.5) is 4.39 Å². The highest BCUT2D eigenvalue weighted by Gasteiger charge is 2.15. The van der Waals surface area contributed by atoms with Gasteiger partial charge in [0, 0.05) is 12.8 Å². The maximum Gasteiger partial charge on any atom is 0.253 e. The van der Waals surface area contributed by atoms with E-state index in [0.717, 1.165) is 11.8 Å². The van der Waals surface area contributed by atoms with Crippen molar-refractivity contribution in [2.75, 3.05) is 6.26 Å². The Morgan fingerprint density at radius 3 is 2.52 bits per heavy atom. The van der Waals surface area contributed by atoms with Crippen molar-refractivity contribution in [3.05, 3.63) is 63.9 Å². The summed E-state index contributed by atoms with van der Waals surface area (Å²) in [4.78, 5) is 12.2. The van der Waals surface area contributed by atoms with Crippen molar-refractivity contribution in [2.24, 2.45) is 0 Å². The zero-order chi connectivity index (χ0) is 17.2. The van der Waals surface area contributed by atoms with Gasteiger partial charge in [-0.25, -0.2) is 12.8 Å². The minimum atomic E-state index is -3.43. The molecule has 2 aromatic rings. The van der Waals surface area contributed by atoms with Crippen LogP contribution in [0, 0.1) is 12.7 Å². The second-order valence-corrected chi connectivity index (χ2v) is 7.60. The molecule has 0 spiro atoms. The van der Waals surface area contributed by atoms with Crippen molar-refractivity contribution in [3.8, 4) is 0 Å². The largest absolute Gasteiger partial charge is 0.348 e.